The number of hydrogen-bond donors (Lipinski definition) is 0. The Kier molecular flexibility index (Phi) is 3.67. The summed E-state index contributed by atoms with van der Waals surface area (Å²) in [4.78, 5) is 12.1. The van der Waals surface area contributed by atoms with Crippen LogP contribution in [0.3, 0.4) is 0 Å². The van der Waals surface area contributed by atoms with Crippen LogP contribution in [0.1, 0.15) is 42.3 Å². The van der Waals surface area contributed by atoms with Crippen LogP contribution in [0.15, 0.2) is 18.2 Å². The van der Waals surface area contributed by atoms with Gasteiger partial charge in [-0.25, -0.2) is 0 Å². The van der Waals surface area contributed by atoms with Gasteiger partial charge in [0.1, 0.15) is 0 Å². The molecule has 82 valence electrons. The topological polar surface area (TPSA) is 17.1 Å². The van der Waals surface area contributed by atoms with Crippen LogP contribution in [0, 0.1) is 25.7 Å². The summed E-state index contributed by atoms with van der Waals surface area (Å²) in [5, 5.41) is 0. The fourth-order valence-corrected chi connectivity index (χ4v) is 1.64. The number of aryl methyl sites for hydroxylation is 2. The first-order valence-electron chi connectivity index (χ1n) is 5.55. The summed E-state index contributed by atoms with van der Waals surface area (Å²) >= 11 is 0. The van der Waals surface area contributed by atoms with Crippen molar-refractivity contribution in [2.45, 2.75) is 34.6 Å². The number of hydrogen-bond acceptors (Lipinski definition) is 1. The maximum Gasteiger partial charge on any atom is 0.166 e. The van der Waals surface area contributed by atoms with E-state index >= 15 is 0 Å². The second-order valence-corrected chi connectivity index (χ2v) is 4.72. The molecule has 0 saturated carbocycles. The number of ketones is 1. The van der Waals surface area contributed by atoms with Gasteiger partial charge in [-0.1, -0.05) is 44.5 Å². The van der Waals surface area contributed by atoms with E-state index in [4.69, 9.17) is 0 Å². The highest BCUT2D eigenvalue weighted by Gasteiger charge is 2.19. The largest absolute Gasteiger partial charge is 0.294 e. The first-order valence-corrected chi connectivity index (χ1v) is 5.55. The maximum absolute atomic E-state index is 12.1. The third-order valence-electron chi connectivity index (χ3n) is 3.06. The Hall–Kier alpha value is -1.11. The van der Waals surface area contributed by atoms with Gasteiger partial charge in [0.15, 0.2) is 5.78 Å². The molecule has 0 heterocycles. The van der Waals surface area contributed by atoms with Gasteiger partial charge in [-0.15, -0.1) is 0 Å². The molecule has 1 unspecified atom stereocenters. The summed E-state index contributed by atoms with van der Waals surface area (Å²) in [6, 6.07) is 6.03. The molecule has 0 aliphatic carbocycles. The van der Waals surface area contributed by atoms with Crippen LogP contribution in [0.4, 0.5) is 0 Å². The fourth-order valence-electron chi connectivity index (χ4n) is 1.64. The predicted octanol–water partition coefficient (Wildman–Crippen LogP) is 3.78. The van der Waals surface area contributed by atoms with Crippen LogP contribution < -0.4 is 0 Å². The standard InChI is InChI=1S/C14H20O/c1-9(2)12(5)14(15)13-7-6-10(3)8-11(13)4/h6-9,12H,1-5H3. The summed E-state index contributed by atoms with van der Waals surface area (Å²) < 4.78 is 0. The van der Waals surface area contributed by atoms with E-state index in [2.05, 4.69) is 19.9 Å². The molecule has 0 bridgehead atoms. The Bertz CT molecular complexity index is 364. The van der Waals surface area contributed by atoms with Crippen molar-refractivity contribution in [1.82, 2.24) is 0 Å². The zero-order valence-electron chi connectivity index (χ0n) is 10.3. The van der Waals surface area contributed by atoms with Gasteiger partial charge in [-0.05, 0) is 25.3 Å². The number of rotatable bonds is 3. The minimum Gasteiger partial charge on any atom is -0.294 e. The fraction of sp³-hybridized carbons (Fsp3) is 0.500. The monoisotopic (exact) mass is 204 g/mol. The van der Waals surface area contributed by atoms with E-state index in [-0.39, 0.29) is 11.7 Å². The summed E-state index contributed by atoms with van der Waals surface area (Å²) in [5.74, 6) is 0.770. The third kappa shape index (κ3) is 2.68. The Morgan fingerprint density at radius 1 is 1.13 bits per heavy atom. The maximum atomic E-state index is 12.1. The lowest BCUT2D eigenvalue weighted by molar-refractivity contribution is 0.0899. The van der Waals surface area contributed by atoms with Gasteiger partial charge in [-0.3, -0.25) is 4.79 Å². The van der Waals surface area contributed by atoms with Gasteiger partial charge in [-0.2, -0.15) is 0 Å². The van der Waals surface area contributed by atoms with Crippen molar-refractivity contribution >= 4 is 5.78 Å². The average Bonchev–Trinajstić information content (AvgIpc) is 2.15. The van der Waals surface area contributed by atoms with Crippen molar-refractivity contribution < 1.29 is 4.79 Å². The van der Waals surface area contributed by atoms with Crippen LogP contribution >= 0.6 is 0 Å². The summed E-state index contributed by atoms with van der Waals surface area (Å²) in [6.45, 7) is 10.2. The zero-order valence-corrected chi connectivity index (χ0v) is 10.3. The molecule has 1 rings (SSSR count). The molecular weight excluding hydrogens is 184 g/mol. The van der Waals surface area contributed by atoms with Crippen molar-refractivity contribution in [1.29, 1.82) is 0 Å². The van der Waals surface area contributed by atoms with Gasteiger partial charge in [0.2, 0.25) is 0 Å². The molecule has 0 amide bonds. The lowest BCUT2D eigenvalue weighted by Crippen LogP contribution is -2.17. The molecule has 0 radical (unpaired) electrons. The molecule has 1 heteroatoms. The van der Waals surface area contributed by atoms with E-state index in [0.717, 1.165) is 11.1 Å². The molecule has 0 aliphatic heterocycles. The summed E-state index contributed by atoms with van der Waals surface area (Å²) in [5.41, 5.74) is 3.18. The zero-order chi connectivity index (χ0) is 11.6. The lowest BCUT2D eigenvalue weighted by atomic mass is 9.88. The van der Waals surface area contributed by atoms with E-state index < -0.39 is 0 Å². The van der Waals surface area contributed by atoms with Gasteiger partial charge in [0.25, 0.3) is 0 Å². The molecule has 0 saturated heterocycles. The van der Waals surface area contributed by atoms with Gasteiger partial charge in [0.05, 0.1) is 0 Å². The van der Waals surface area contributed by atoms with E-state index in [0.29, 0.717) is 5.92 Å². The molecule has 0 N–H and O–H groups in total. The first-order chi connectivity index (χ1) is 6.93. The van der Waals surface area contributed by atoms with Gasteiger partial charge in [0, 0.05) is 11.5 Å². The van der Waals surface area contributed by atoms with Gasteiger partial charge < -0.3 is 0 Å². The molecule has 0 fully saturated rings. The van der Waals surface area contributed by atoms with Crippen LogP contribution in [-0.4, -0.2) is 5.78 Å². The van der Waals surface area contributed by atoms with Crippen molar-refractivity contribution in [2.75, 3.05) is 0 Å². The highest BCUT2D eigenvalue weighted by atomic mass is 16.1. The van der Waals surface area contributed by atoms with Crippen LogP contribution in [0.2, 0.25) is 0 Å². The minimum atomic E-state index is 0.103. The molecule has 0 aliphatic rings. The number of carbonyl (C=O) groups is 1. The van der Waals surface area contributed by atoms with Crippen LogP contribution in [0.25, 0.3) is 0 Å². The van der Waals surface area contributed by atoms with Gasteiger partial charge >= 0.3 is 0 Å². The Labute approximate surface area is 92.5 Å². The van der Waals surface area contributed by atoms with E-state index in [9.17, 15) is 4.79 Å². The minimum absolute atomic E-state index is 0.103. The first kappa shape index (κ1) is 12.0. The molecule has 1 nitrogen and oxygen atoms in total. The average molecular weight is 204 g/mol. The van der Waals surface area contributed by atoms with E-state index in [1.54, 1.807) is 0 Å². The van der Waals surface area contributed by atoms with Crippen molar-refractivity contribution in [2.24, 2.45) is 11.8 Å². The van der Waals surface area contributed by atoms with E-state index in [1.165, 1.54) is 5.56 Å². The Morgan fingerprint density at radius 2 is 1.73 bits per heavy atom. The van der Waals surface area contributed by atoms with Crippen molar-refractivity contribution in [3.8, 4) is 0 Å². The third-order valence-corrected chi connectivity index (χ3v) is 3.06. The quantitative estimate of drug-likeness (QED) is 0.685. The number of Topliss-reactive ketones (excluding diaryl/α,β-unsaturated/α-hetero) is 1. The molecule has 0 aromatic heterocycles. The highest BCUT2D eigenvalue weighted by molar-refractivity contribution is 5.99. The molecule has 1 atom stereocenters. The summed E-state index contributed by atoms with van der Waals surface area (Å²) in [7, 11) is 0. The molecule has 0 spiro atoms. The molecular formula is C14H20O. The van der Waals surface area contributed by atoms with Crippen LogP contribution in [-0.2, 0) is 0 Å². The van der Waals surface area contributed by atoms with Crippen molar-refractivity contribution in [3.63, 3.8) is 0 Å². The normalized spacial score (nSPS) is 12.9. The smallest absolute Gasteiger partial charge is 0.166 e. The predicted molar refractivity (Wildman–Crippen MR) is 64.2 cm³/mol. The van der Waals surface area contributed by atoms with Crippen molar-refractivity contribution in [3.05, 3.63) is 34.9 Å². The number of carbonyl (C=O) groups excluding carboxylic acids is 1. The molecule has 15 heavy (non-hydrogen) atoms. The summed E-state index contributed by atoms with van der Waals surface area (Å²) in [6.07, 6.45) is 0. The van der Waals surface area contributed by atoms with Crippen LogP contribution in [0.5, 0.6) is 0 Å². The molecule has 1 aromatic carbocycles. The van der Waals surface area contributed by atoms with E-state index in [1.807, 2.05) is 32.9 Å². The second kappa shape index (κ2) is 4.61. The highest BCUT2D eigenvalue weighted by Crippen LogP contribution is 2.19. The SMILES string of the molecule is Cc1ccc(C(=O)C(C)C(C)C)c(C)c1. The molecule has 1 aromatic rings. The lowest BCUT2D eigenvalue weighted by Gasteiger charge is -2.15. The second-order valence-electron chi connectivity index (χ2n) is 4.72. The Balaban J connectivity index is 3.01. The number of benzene rings is 1. The Morgan fingerprint density at radius 3 is 2.20 bits per heavy atom.